The van der Waals surface area contributed by atoms with Crippen LogP contribution in [0.2, 0.25) is 0 Å². The normalized spacial score (nSPS) is 14.1. The zero-order valence-electron chi connectivity index (χ0n) is 15.9. The molecule has 0 radical (unpaired) electrons. The molecule has 2 aromatic heterocycles. The molecule has 7 heteroatoms. The van der Waals surface area contributed by atoms with Crippen LogP contribution in [-0.4, -0.2) is 38.3 Å². The highest BCUT2D eigenvalue weighted by molar-refractivity contribution is 7.99. The predicted molar refractivity (Wildman–Crippen MR) is 112 cm³/mol. The zero-order valence-corrected chi connectivity index (χ0v) is 16.8. The zero-order chi connectivity index (χ0) is 19.5. The maximum absolute atomic E-state index is 12.2. The number of imidazole rings is 1. The van der Waals surface area contributed by atoms with Crippen molar-refractivity contribution in [3.63, 3.8) is 0 Å². The van der Waals surface area contributed by atoms with Crippen LogP contribution in [0.1, 0.15) is 30.2 Å². The predicted octanol–water partition coefficient (Wildman–Crippen LogP) is 3.16. The molecule has 0 atom stereocenters. The van der Waals surface area contributed by atoms with Crippen LogP contribution in [-0.2, 0) is 19.5 Å². The molecule has 0 amide bonds. The fraction of sp³-hybridized carbons (Fsp3) is 0.381. The molecule has 0 unspecified atom stereocenters. The number of nitrogens with zero attached hydrogens (tertiary/aromatic N) is 4. The lowest BCUT2D eigenvalue weighted by Crippen LogP contribution is -2.31. The Bertz CT molecular complexity index is 1090. The molecule has 1 aliphatic heterocycles. The van der Waals surface area contributed by atoms with E-state index in [1.807, 2.05) is 30.3 Å². The lowest BCUT2D eigenvalue weighted by atomic mass is 10.0. The van der Waals surface area contributed by atoms with Crippen molar-refractivity contribution in [1.82, 2.24) is 19.4 Å². The van der Waals surface area contributed by atoms with Crippen LogP contribution in [0, 0.1) is 11.3 Å². The van der Waals surface area contributed by atoms with Gasteiger partial charge >= 0.3 is 5.69 Å². The molecule has 1 aromatic carbocycles. The van der Waals surface area contributed by atoms with Crippen molar-refractivity contribution < 1.29 is 0 Å². The molecule has 1 N–H and O–H groups in total. The minimum Gasteiger partial charge on any atom is -0.306 e. The molecule has 6 nitrogen and oxygen atoms in total. The summed E-state index contributed by atoms with van der Waals surface area (Å²) in [5, 5.41) is 10.4. The van der Waals surface area contributed by atoms with Gasteiger partial charge in [0.05, 0.1) is 16.6 Å². The molecule has 4 rings (SSSR count). The summed E-state index contributed by atoms with van der Waals surface area (Å²) >= 11 is 1.61. The first kappa shape index (κ1) is 18.8. The van der Waals surface area contributed by atoms with Gasteiger partial charge in [-0.25, -0.2) is 9.78 Å². The standard InChI is InChI=1S/C21H23N5OS/c1-2-25-10-8-17-16(14-25)12-15(13-22)20(23-17)28-11-5-9-26-19-7-4-3-6-18(19)24-21(26)27/h3-4,6-7,12H,2,5,8-11,14H2,1H3,(H,24,27). The Labute approximate surface area is 168 Å². The lowest BCUT2D eigenvalue weighted by molar-refractivity contribution is 0.265. The molecule has 28 heavy (non-hydrogen) atoms. The summed E-state index contributed by atoms with van der Waals surface area (Å²) in [5.74, 6) is 0.813. The average Bonchev–Trinajstić information content (AvgIpc) is 3.05. The maximum atomic E-state index is 12.2. The van der Waals surface area contributed by atoms with E-state index in [4.69, 9.17) is 4.98 Å². The fourth-order valence-electron chi connectivity index (χ4n) is 3.69. The van der Waals surface area contributed by atoms with E-state index in [1.165, 1.54) is 5.56 Å². The monoisotopic (exact) mass is 393 g/mol. The van der Waals surface area contributed by atoms with Gasteiger partial charge in [-0.1, -0.05) is 19.1 Å². The molecule has 0 saturated heterocycles. The number of benzene rings is 1. The van der Waals surface area contributed by atoms with E-state index < -0.39 is 0 Å². The number of hydrogen-bond acceptors (Lipinski definition) is 5. The van der Waals surface area contributed by atoms with Crippen molar-refractivity contribution >= 4 is 22.8 Å². The van der Waals surface area contributed by atoms with E-state index in [0.717, 1.165) is 60.0 Å². The van der Waals surface area contributed by atoms with E-state index in [0.29, 0.717) is 12.1 Å². The molecule has 0 bridgehead atoms. The third-order valence-electron chi connectivity index (χ3n) is 5.23. The molecule has 0 saturated carbocycles. The number of aromatic nitrogens is 3. The molecule has 3 aromatic rings. The Kier molecular flexibility index (Phi) is 5.51. The molecule has 1 aliphatic rings. The van der Waals surface area contributed by atoms with Crippen molar-refractivity contribution in [3.8, 4) is 6.07 Å². The van der Waals surface area contributed by atoms with Gasteiger partial charge in [-0.15, -0.1) is 11.8 Å². The third-order valence-corrected chi connectivity index (χ3v) is 6.31. The Morgan fingerprint density at radius 3 is 3.04 bits per heavy atom. The van der Waals surface area contributed by atoms with Crippen LogP contribution in [0.5, 0.6) is 0 Å². The van der Waals surface area contributed by atoms with E-state index >= 15 is 0 Å². The summed E-state index contributed by atoms with van der Waals surface area (Å²) in [7, 11) is 0. The summed E-state index contributed by atoms with van der Waals surface area (Å²) < 4.78 is 1.78. The number of fused-ring (bicyclic) bond motifs is 2. The molecule has 0 spiro atoms. The topological polar surface area (TPSA) is 77.7 Å². The highest BCUT2D eigenvalue weighted by atomic mass is 32.2. The number of hydrogen-bond donors (Lipinski definition) is 1. The van der Waals surface area contributed by atoms with Gasteiger partial charge in [-0.3, -0.25) is 9.47 Å². The second-order valence-corrected chi connectivity index (χ2v) is 8.06. The number of aromatic amines is 1. The van der Waals surface area contributed by atoms with Crippen molar-refractivity contribution in [2.75, 3.05) is 18.8 Å². The molecular weight excluding hydrogens is 370 g/mol. The first-order chi connectivity index (χ1) is 13.7. The van der Waals surface area contributed by atoms with Gasteiger partial charge in [0.1, 0.15) is 11.1 Å². The van der Waals surface area contributed by atoms with Crippen molar-refractivity contribution in [3.05, 3.63) is 57.6 Å². The smallest absolute Gasteiger partial charge is 0.306 e. The highest BCUT2D eigenvalue weighted by Gasteiger charge is 2.19. The van der Waals surface area contributed by atoms with Crippen LogP contribution in [0.15, 0.2) is 40.2 Å². The van der Waals surface area contributed by atoms with E-state index in [2.05, 4.69) is 22.9 Å². The summed E-state index contributed by atoms with van der Waals surface area (Å²) in [5.41, 5.74) is 4.69. The van der Waals surface area contributed by atoms with Gasteiger partial charge in [-0.05, 0) is 36.7 Å². The first-order valence-electron chi connectivity index (χ1n) is 9.65. The number of rotatable bonds is 6. The lowest BCUT2D eigenvalue weighted by Gasteiger charge is -2.27. The minimum absolute atomic E-state index is 0.0729. The number of H-pyrrole nitrogens is 1. The second kappa shape index (κ2) is 8.21. The van der Waals surface area contributed by atoms with Crippen LogP contribution in [0.4, 0.5) is 0 Å². The van der Waals surface area contributed by atoms with Crippen molar-refractivity contribution in [2.45, 2.75) is 37.9 Å². The quantitative estimate of drug-likeness (QED) is 0.514. The number of para-hydroxylation sites is 2. The Morgan fingerprint density at radius 2 is 2.21 bits per heavy atom. The van der Waals surface area contributed by atoms with Crippen LogP contribution in [0.25, 0.3) is 11.0 Å². The molecule has 0 aliphatic carbocycles. The van der Waals surface area contributed by atoms with Crippen LogP contribution >= 0.6 is 11.8 Å². The third kappa shape index (κ3) is 3.71. The van der Waals surface area contributed by atoms with Crippen molar-refractivity contribution in [2.24, 2.45) is 0 Å². The summed E-state index contributed by atoms with van der Waals surface area (Å²) in [6.07, 6.45) is 1.77. The van der Waals surface area contributed by atoms with Crippen LogP contribution < -0.4 is 5.69 Å². The van der Waals surface area contributed by atoms with Gasteiger partial charge < -0.3 is 4.98 Å². The van der Waals surface area contributed by atoms with E-state index in [-0.39, 0.29) is 5.69 Å². The first-order valence-corrected chi connectivity index (χ1v) is 10.6. The average molecular weight is 394 g/mol. The summed E-state index contributed by atoms with van der Waals surface area (Å²) in [6.45, 7) is 5.73. The Morgan fingerprint density at radius 1 is 1.36 bits per heavy atom. The van der Waals surface area contributed by atoms with Gasteiger partial charge in [0.2, 0.25) is 0 Å². The van der Waals surface area contributed by atoms with Crippen LogP contribution in [0.3, 0.4) is 0 Å². The Balaban J connectivity index is 1.43. The molecular formula is C21H23N5OS. The number of nitrogens with one attached hydrogen (secondary N) is 1. The van der Waals surface area contributed by atoms with Gasteiger partial charge in [0.15, 0.2) is 0 Å². The maximum Gasteiger partial charge on any atom is 0.326 e. The SMILES string of the molecule is CCN1CCc2nc(SCCCn3c(=O)[nH]c4ccccc43)c(C#N)cc2C1. The van der Waals surface area contributed by atoms with E-state index in [1.54, 1.807) is 16.3 Å². The van der Waals surface area contributed by atoms with Gasteiger partial charge in [-0.2, -0.15) is 5.26 Å². The highest BCUT2D eigenvalue weighted by Crippen LogP contribution is 2.26. The fourth-order valence-corrected chi connectivity index (χ4v) is 4.59. The Hall–Kier alpha value is -2.56. The number of thioether (sulfide) groups is 1. The van der Waals surface area contributed by atoms with Crippen molar-refractivity contribution in [1.29, 1.82) is 5.26 Å². The van der Waals surface area contributed by atoms with E-state index in [9.17, 15) is 10.1 Å². The van der Waals surface area contributed by atoms with Gasteiger partial charge in [0, 0.05) is 37.5 Å². The number of pyridine rings is 1. The number of aryl methyl sites for hydroxylation is 1. The largest absolute Gasteiger partial charge is 0.326 e. The number of likely N-dealkylation sites (N-methyl/N-ethyl adjacent to an activating group) is 1. The van der Waals surface area contributed by atoms with Gasteiger partial charge in [0.25, 0.3) is 0 Å². The molecule has 0 fully saturated rings. The summed E-state index contributed by atoms with van der Waals surface area (Å²) in [6, 6.07) is 12.0. The molecule has 3 heterocycles. The second-order valence-electron chi connectivity index (χ2n) is 6.98. The molecule has 144 valence electrons. The number of nitriles is 1. The minimum atomic E-state index is -0.0729. The summed E-state index contributed by atoms with van der Waals surface area (Å²) in [4.78, 5) is 22.2.